The van der Waals surface area contributed by atoms with Gasteiger partial charge < -0.3 is 10.4 Å². The van der Waals surface area contributed by atoms with Crippen LogP contribution in [0.15, 0.2) is 24.3 Å². The van der Waals surface area contributed by atoms with Crippen LogP contribution in [0.25, 0.3) is 0 Å². The fourth-order valence-electron chi connectivity index (χ4n) is 1.84. The summed E-state index contributed by atoms with van der Waals surface area (Å²) in [5.41, 5.74) is 0.808. The lowest BCUT2D eigenvalue weighted by Crippen LogP contribution is -2.35. The second-order valence-electron chi connectivity index (χ2n) is 4.85. The second kappa shape index (κ2) is 8.11. The predicted octanol–water partition coefficient (Wildman–Crippen LogP) is 1.38. The van der Waals surface area contributed by atoms with E-state index in [4.69, 9.17) is 5.11 Å². The Morgan fingerprint density at radius 2 is 1.95 bits per heavy atom. The van der Waals surface area contributed by atoms with Crippen molar-refractivity contribution >= 4 is 16.7 Å². The Morgan fingerprint density at radius 3 is 2.45 bits per heavy atom. The molecule has 0 fully saturated rings. The van der Waals surface area contributed by atoms with Crippen LogP contribution in [0.3, 0.4) is 0 Å². The summed E-state index contributed by atoms with van der Waals surface area (Å²) in [5, 5.41) is 11.5. The van der Waals surface area contributed by atoms with E-state index in [0.29, 0.717) is 0 Å². The van der Waals surface area contributed by atoms with Crippen LogP contribution >= 0.6 is 0 Å². The molecule has 2 N–H and O–H groups in total. The zero-order valence-electron chi connectivity index (χ0n) is 11.6. The number of halogens is 1. The van der Waals surface area contributed by atoms with Gasteiger partial charge >= 0.3 is 0 Å². The zero-order chi connectivity index (χ0) is 15.1. The van der Waals surface area contributed by atoms with Gasteiger partial charge in [-0.05, 0) is 23.6 Å². The normalized spacial score (nSPS) is 14.1. The van der Waals surface area contributed by atoms with Crippen molar-refractivity contribution in [2.75, 3.05) is 18.1 Å². The predicted molar refractivity (Wildman–Crippen MR) is 77.1 cm³/mol. The summed E-state index contributed by atoms with van der Waals surface area (Å²) >= 11 is 0. The fourth-order valence-corrected chi connectivity index (χ4v) is 2.56. The summed E-state index contributed by atoms with van der Waals surface area (Å²) in [6.45, 7) is 3.68. The molecule has 0 heterocycles. The minimum Gasteiger partial charge on any atom is -0.395 e. The van der Waals surface area contributed by atoms with Gasteiger partial charge in [-0.25, -0.2) is 4.39 Å². The van der Waals surface area contributed by atoms with Crippen LogP contribution < -0.4 is 5.32 Å². The standard InChI is InChI=1S/C14H20FNO3S/c1-10(2)14(11-3-5-12(15)6-4-11)16-13(18)9-20(19)8-7-17/h3-6,10,14,17H,7-9H2,1-2H3,(H,16,18)/t14-,20+/m0/s1. The number of aliphatic hydroxyl groups is 1. The van der Waals surface area contributed by atoms with Crippen molar-refractivity contribution in [3.63, 3.8) is 0 Å². The van der Waals surface area contributed by atoms with Crippen LogP contribution in [0.4, 0.5) is 4.39 Å². The van der Waals surface area contributed by atoms with Crippen molar-refractivity contribution in [3.8, 4) is 0 Å². The van der Waals surface area contributed by atoms with E-state index in [9.17, 15) is 13.4 Å². The molecule has 0 aromatic heterocycles. The van der Waals surface area contributed by atoms with E-state index in [-0.39, 0.29) is 41.8 Å². The number of amides is 1. The summed E-state index contributed by atoms with van der Waals surface area (Å²) in [6.07, 6.45) is 0. The fraction of sp³-hybridized carbons (Fsp3) is 0.500. The molecule has 112 valence electrons. The van der Waals surface area contributed by atoms with Gasteiger partial charge in [-0.3, -0.25) is 9.00 Å². The smallest absolute Gasteiger partial charge is 0.233 e. The number of hydrogen-bond acceptors (Lipinski definition) is 3. The van der Waals surface area contributed by atoms with Gasteiger partial charge in [0.25, 0.3) is 0 Å². The summed E-state index contributed by atoms with van der Waals surface area (Å²) in [4.78, 5) is 11.8. The quantitative estimate of drug-likeness (QED) is 0.799. The maximum absolute atomic E-state index is 12.9. The molecular formula is C14H20FNO3S. The van der Waals surface area contributed by atoms with E-state index in [1.165, 1.54) is 12.1 Å². The van der Waals surface area contributed by atoms with Gasteiger partial charge in [0.15, 0.2) is 0 Å². The molecule has 1 rings (SSSR count). The van der Waals surface area contributed by atoms with E-state index in [2.05, 4.69) is 5.32 Å². The van der Waals surface area contributed by atoms with Gasteiger partial charge in [-0.2, -0.15) is 0 Å². The molecule has 0 spiro atoms. The molecule has 0 unspecified atom stereocenters. The van der Waals surface area contributed by atoms with Crippen molar-refractivity contribution in [3.05, 3.63) is 35.6 Å². The molecule has 1 aromatic rings. The molecule has 1 aromatic carbocycles. The maximum atomic E-state index is 12.9. The van der Waals surface area contributed by atoms with Gasteiger partial charge in [-0.15, -0.1) is 0 Å². The molecule has 0 bridgehead atoms. The number of hydrogen-bond donors (Lipinski definition) is 2. The highest BCUT2D eigenvalue weighted by Crippen LogP contribution is 2.21. The molecular weight excluding hydrogens is 281 g/mol. The first kappa shape index (κ1) is 16.8. The van der Waals surface area contributed by atoms with Crippen LogP contribution in [-0.4, -0.2) is 33.3 Å². The van der Waals surface area contributed by atoms with Crippen molar-refractivity contribution < 1.29 is 18.5 Å². The minimum atomic E-state index is -1.36. The van der Waals surface area contributed by atoms with E-state index >= 15 is 0 Å². The number of benzene rings is 1. The summed E-state index contributed by atoms with van der Waals surface area (Å²) < 4.78 is 24.3. The van der Waals surface area contributed by atoms with Crippen molar-refractivity contribution in [1.29, 1.82) is 0 Å². The van der Waals surface area contributed by atoms with Gasteiger partial charge in [0, 0.05) is 16.6 Å². The van der Waals surface area contributed by atoms with Crippen LogP contribution in [0.2, 0.25) is 0 Å². The van der Waals surface area contributed by atoms with Crippen LogP contribution in [0, 0.1) is 11.7 Å². The Bertz CT molecular complexity index is 462. The number of carbonyl (C=O) groups excluding carboxylic acids is 1. The van der Waals surface area contributed by atoms with Crippen molar-refractivity contribution in [1.82, 2.24) is 5.32 Å². The van der Waals surface area contributed by atoms with Gasteiger partial charge in [-0.1, -0.05) is 26.0 Å². The van der Waals surface area contributed by atoms with Gasteiger partial charge in [0.05, 0.1) is 12.6 Å². The molecule has 0 radical (unpaired) electrons. The SMILES string of the molecule is CC(C)[C@H](NC(=O)C[S@](=O)CCO)c1ccc(F)cc1. The van der Waals surface area contributed by atoms with Crippen LogP contribution in [-0.2, 0) is 15.6 Å². The van der Waals surface area contributed by atoms with E-state index in [1.54, 1.807) is 12.1 Å². The highest BCUT2D eigenvalue weighted by atomic mass is 32.2. The highest BCUT2D eigenvalue weighted by molar-refractivity contribution is 7.85. The average Bonchev–Trinajstić information content (AvgIpc) is 2.37. The molecule has 0 saturated heterocycles. The summed E-state index contributed by atoms with van der Waals surface area (Å²) in [6, 6.07) is 5.70. The molecule has 0 aliphatic rings. The van der Waals surface area contributed by atoms with Gasteiger partial charge in [0.2, 0.25) is 5.91 Å². The molecule has 4 nitrogen and oxygen atoms in total. The third-order valence-electron chi connectivity index (χ3n) is 2.82. The third-order valence-corrected chi connectivity index (χ3v) is 4.05. The molecule has 2 atom stereocenters. The monoisotopic (exact) mass is 301 g/mol. The second-order valence-corrected chi connectivity index (χ2v) is 6.43. The lowest BCUT2D eigenvalue weighted by atomic mass is 9.96. The van der Waals surface area contributed by atoms with E-state index < -0.39 is 10.8 Å². The largest absolute Gasteiger partial charge is 0.395 e. The highest BCUT2D eigenvalue weighted by Gasteiger charge is 2.19. The van der Waals surface area contributed by atoms with Crippen molar-refractivity contribution in [2.24, 2.45) is 5.92 Å². The molecule has 20 heavy (non-hydrogen) atoms. The first-order chi connectivity index (χ1) is 9.43. The Labute approximate surface area is 120 Å². The maximum Gasteiger partial charge on any atom is 0.233 e. The lowest BCUT2D eigenvalue weighted by Gasteiger charge is -2.23. The topological polar surface area (TPSA) is 66.4 Å². The van der Waals surface area contributed by atoms with Gasteiger partial charge in [0.1, 0.15) is 11.6 Å². The Morgan fingerprint density at radius 1 is 1.35 bits per heavy atom. The van der Waals surface area contributed by atoms with Crippen LogP contribution in [0.1, 0.15) is 25.5 Å². The molecule has 0 aliphatic heterocycles. The summed E-state index contributed by atoms with van der Waals surface area (Å²) in [5.74, 6) is -0.580. The summed E-state index contributed by atoms with van der Waals surface area (Å²) in [7, 11) is -1.36. The van der Waals surface area contributed by atoms with E-state index in [0.717, 1.165) is 5.56 Å². The van der Waals surface area contributed by atoms with E-state index in [1.807, 2.05) is 13.8 Å². The molecule has 0 aliphatic carbocycles. The number of aliphatic hydroxyl groups excluding tert-OH is 1. The Balaban J connectivity index is 2.70. The number of rotatable bonds is 7. The van der Waals surface area contributed by atoms with Crippen LogP contribution in [0.5, 0.6) is 0 Å². The Hall–Kier alpha value is -1.27. The molecule has 6 heteroatoms. The lowest BCUT2D eigenvalue weighted by molar-refractivity contribution is -0.119. The number of nitrogens with one attached hydrogen (secondary N) is 1. The molecule has 1 amide bonds. The zero-order valence-corrected chi connectivity index (χ0v) is 12.5. The Kier molecular flexibility index (Phi) is 6.81. The first-order valence-corrected chi connectivity index (χ1v) is 7.93. The average molecular weight is 301 g/mol. The third kappa shape index (κ3) is 5.38. The van der Waals surface area contributed by atoms with Crippen molar-refractivity contribution in [2.45, 2.75) is 19.9 Å². The first-order valence-electron chi connectivity index (χ1n) is 6.44. The number of carbonyl (C=O) groups is 1. The minimum absolute atomic E-state index is 0.0936. The molecule has 0 saturated carbocycles.